The average Bonchev–Trinajstić information content (AvgIpc) is 2.90. The van der Waals surface area contributed by atoms with Crippen molar-refractivity contribution < 1.29 is 0 Å². The normalized spacial score (nSPS) is 11.1. The van der Waals surface area contributed by atoms with Crippen LogP contribution >= 0.6 is 11.3 Å². The van der Waals surface area contributed by atoms with Crippen molar-refractivity contribution in [1.82, 2.24) is 20.3 Å². The van der Waals surface area contributed by atoms with E-state index in [4.69, 9.17) is 0 Å². The molecule has 0 unspecified atom stereocenters. The summed E-state index contributed by atoms with van der Waals surface area (Å²) in [6, 6.07) is 0.468. The van der Waals surface area contributed by atoms with Crippen molar-refractivity contribution in [2.75, 3.05) is 0 Å². The maximum atomic E-state index is 4.63. The van der Waals surface area contributed by atoms with Gasteiger partial charge in [-0.3, -0.25) is 4.98 Å². The molecule has 0 aliphatic carbocycles. The molecule has 0 aliphatic heterocycles. The van der Waals surface area contributed by atoms with Crippen LogP contribution in [-0.2, 0) is 13.0 Å². The van der Waals surface area contributed by atoms with Crippen LogP contribution in [0.1, 0.15) is 32.0 Å². The third-order valence-corrected chi connectivity index (χ3v) is 3.41. The molecule has 0 bridgehead atoms. The highest BCUT2D eigenvalue weighted by molar-refractivity contribution is 7.13. The molecule has 0 spiro atoms. The number of aryl methyl sites for hydroxylation is 1. The lowest BCUT2D eigenvalue weighted by Crippen LogP contribution is -2.23. The zero-order chi connectivity index (χ0) is 13.0. The van der Waals surface area contributed by atoms with E-state index < -0.39 is 0 Å². The molecule has 2 aromatic rings. The summed E-state index contributed by atoms with van der Waals surface area (Å²) in [5.74, 6) is 0.780. The Morgan fingerprint density at radius 2 is 2.17 bits per heavy atom. The van der Waals surface area contributed by atoms with Gasteiger partial charge in [0.2, 0.25) is 0 Å². The Hall–Kier alpha value is -1.33. The molecule has 0 aromatic carbocycles. The molecule has 18 heavy (non-hydrogen) atoms. The highest BCUT2D eigenvalue weighted by atomic mass is 32.1. The SMILES string of the molecule is CCc1nc(-c2cncs2)ncc1CNC(C)C. The Bertz CT molecular complexity index is 494. The molecule has 0 aliphatic rings. The van der Waals surface area contributed by atoms with Gasteiger partial charge in [0.1, 0.15) is 0 Å². The van der Waals surface area contributed by atoms with Crippen LogP contribution in [0.4, 0.5) is 0 Å². The van der Waals surface area contributed by atoms with E-state index in [0.29, 0.717) is 6.04 Å². The maximum Gasteiger partial charge on any atom is 0.171 e. The minimum atomic E-state index is 0.468. The number of rotatable bonds is 5. The van der Waals surface area contributed by atoms with E-state index in [1.54, 1.807) is 16.8 Å². The number of nitrogens with zero attached hydrogens (tertiary/aromatic N) is 3. The molecule has 0 atom stereocenters. The van der Waals surface area contributed by atoms with Gasteiger partial charge < -0.3 is 5.32 Å². The van der Waals surface area contributed by atoms with Crippen LogP contribution in [0.5, 0.6) is 0 Å². The van der Waals surface area contributed by atoms with E-state index in [1.807, 2.05) is 12.4 Å². The second kappa shape index (κ2) is 6.02. The number of hydrogen-bond acceptors (Lipinski definition) is 5. The Kier molecular flexibility index (Phi) is 4.38. The molecule has 0 fully saturated rings. The first-order valence-electron chi connectivity index (χ1n) is 6.17. The van der Waals surface area contributed by atoms with Crippen molar-refractivity contribution in [2.45, 2.75) is 39.8 Å². The van der Waals surface area contributed by atoms with Crippen molar-refractivity contribution in [3.8, 4) is 10.7 Å². The van der Waals surface area contributed by atoms with E-state index in [-0.39, 0.29) is 0 Å². The predicted octanol–water partition coefficient (Wildman–Crippen LogP) is 2.66. The van der Waals surface area contributed by atoms with Gasteiger partial charge in [-0.15, -0.1) is 11.3 Å². The Labute approximate surface area is 112 Å². The lowest BCUT2D eigenvalue weighted by molar-refractivity contribution is 0.583. The first kappa shape index (κ1) is 13.1. The fraction of sp³-hybridized carbons (Fsp3) is 0.462. The van der Waals surface area contributed by atoms with Gasteiger partial charge in [0.25, 0.3) is 0 Å². The predicted molar refractivity (Wildman–Crippen MR) is 74.5 cm³/mol. The molecule has 0 amide bonds. The average molecular weight is 262 g/mol. The molecule has 2 rings (SSSR count). The second-order valence-corrected chi connectivity index (χ2v) is 5.31. The van der Waals surface area contributed by atoms with Gasteiger partial charge in [0.05, 0.1) is 10.4 Å². The van der Waals surface area contributed by atoms with Gasteiger partial charge in [-0.1, -0.05) is 20.8 Å². The second-order valence-electron chi connectivity index (χ2n) is 4.42. The molecule has 96 valence electrons. The van der Waals surface area contributed by atoms with Crippen LogP contribution in [0, 0.1) is 0 Å². The summed E-state index contributed by atoms with van der Waals surface area (Å²) in [6.07, 6.45) is 4.66. The zero-order valence-corrected chi connectivity index (χ0v) is 11.8. The standard InChI is InChI=1S/C13H18N4S/c1-4-11-10(5-15-9(2)3)6-16-13(17-11)12-7-14-8-18-12/h6-9,15H,4-5H2,1-3H3. The molecule has 2 aromatic heterocycles. The van der Waals surface area contributed by atoms with E-state index in [2.05, 4.69) is 41.0 Å². The van der Waals surface area contributed by atoms with Crippen LogP contribution in [0.3, 0.4) is 0 Å². The molecule has 5 heteroatoms. The smallest absolute Gasteiger partial charge is 0.171 e. The summed E-state index contributed by atoms with van der Waals surface area (Å²) in [6.45, 7) is 7.22. The topological polar surface area (TPSA) is 50.7 Å². The van der Waals surface area contributed by atoms with E-state index in [9.17, 15) is 0 Å². The van der Waals surface area contributed by atoms with Crippen LogP contribution in [0.25, 0.3) is 10.7 Å². The summed E-state index contributed by atoms with van der Waals surface area (Å²) in [4.78, 5) is 14.1. The lowest BCUT2D eigenvalue weighted by Gasteiger charge is -2.11. The van der Waals surface area contributed by atoms with Crippen molar-refractivity contribution in [1.29, 1.82) is 0 Å². The lowest BCUT2D eigenvalue weighted by atomic mass is 10.2. The molecule has 0 saturated carbocycles. The minimum Gasteiger partial charge on any atom is -0.310 e. The molecule has 4 nitrogen and oxygen atoms in total. The molecule has 0 radical (unpaired) electrons. The van der Waals surface area contributed by atoms with Gasteiger partial charge in [0, 0.05) is 36.2 Å². The van der Waals surface area contributed by atoms with E-state index >= 15 is 0 Å². The molecule has 0 saturated heterocycles. The molecule has 2 heterocycles. The fourth-order valence-corrected chi connectivity index (χ4v) is 2.22. The van der Waals surface area contributed by atoms with Gasteiger partial charge >= 0.3 is 0 Å². The quantitative estimate of drug-likeness (QED) is 0.900. The highest BCUT2D eigenvalue weighted by Gasteiger charge is 2.08. The largest absolute Gasteiger partial charge is 0.310 e. The molecular formula is C13H18N4S. The molecular weight excluding hydrogens is 244 g/mol. The Balaban J connectivity index is 2.23. The number of hydrogen-bond donors (Lipinski definition) is 1. The Morgan fingerprint density at radius 3 is 2.78 bits per heavy atom. The first-order valence-corrected chi connectivity index (χ1v) is 7.05. The van der Waals surface area contributed by atoms with Crippen molar-refractivity contribution in [3.63, 3.8) is 0 Å². The van der Waals surface area contributed by atoms with Gasteiger partial charge in [-0.05, 0) is 6.42 Å². The van der Waals surface area contributed by atoms with Gasteiger partial charge in [-0.25, -0.2) is 9.97 Å². The molecule has 1 N–H and O–H groups in total. The third kappa shape index (κ3) is 3.11. The first-order chi connectivity index (χ1) is 8.70. The summed E-state index contributed by atoms with van der Waals surface area (Å²) in [7, 11) is 0. The summed E-state index contributed by atoms with van der Waals surface area (Å²) < 4.78 is 0. The summed E-state index contributed by atoms with van der Waals surface area (Å²) >= 11 is 1.57. The highest BCUT2D eigenvalue weighted by Crippen LogP contribution is 2.20. The monoisotopic (exact) mass is 262 g/mol. The zero-order valence-electron chi connectivity index (χ0n) is 11.0. The van der Waals surface area contributed by atoms with Crippen LogP contribution in [-0.4, -0.2) is 21.0 Å². The number of nitrogens with one attached hydrogen (secondary N) is 1. The van der Waals surface area contributed by atoms with Crippen LogP contribution in [0.15, 0.2) is 17.9 Å². The van der Waals surface area contributed by atoms with Crippen LogP contribution < -0.4 is 5.32 Å². The van der Waals surface area contributed by atoms with Gasteiger partial charge in [0.15, 0.2) is 5.82 Å². The van der Waals surface area contributed by atoms with Crippen molar-refractivity contribution >= 4 is 11.3 Å². The van der Waals surface area contributed by atoms with E-state index in [1.165, 1.54) is 5.56 Å². The Morgan fingerprint density at radius 1 is 1.33 bits per heavy atom. The number of aromatic nitrogens is 3. The van der Waals surface area contributed by atoms with E-state index in [0.717, 1.165) is 29.4 Å². The third-order valence-electron chi connectivity index (χ3n) is 2.64. The fourth-order valence-electron chi connectivity index (χ4n) is 1.65. The van der Waals surface area contributed by atoms with Gasteiger partial charge in [-0.2, -0.15) is 0 Å². The summed E-state index contributed by atoms with van der Waals surface area (Å²) in [5, 5.41) is 3.40. The van der Waals surface area contributed by atoms with Crippen LogP contribution in [0.2, 0.25) is 0 Å². The van der Waals surface area contributed by atoms with Crippen molar-refractivity contribution in [3.05, 3.63) is 29.2 Å². The minimum absolute atomic E-state index is 0.468. The maximum absolute atomic E-state index is 4.63. The number of thiazole rings is 1. The van der Waals surface area contributed by atoms with Crippen molar-refractivity contribution in [2.24, 2.45) is 0 Å². The summed E-state index contributed by atoms with van der Waals surface area (Å²) in [5.41, 5.74) is 4.10.